The molecular formula is C22H39N3O2. The molecule has 154 valence electrons. The second kappa shape index (κ2) is 12.1. The Labute approximate surface area is 165 Å². The lowest BCUT2D eigenvalue weighted by atomic mass is 9.92. The second-order valence-corrected chi connectivity index (χ2v) is 7.68. The summed E-state index contributed by atoms with van der Waals surface area (Å²) in [5.41, 5.74) is 3.02. The van der Waals surface area contributed by atoms with E-state index in [1.807, 2.05) is 6.92 Å². The number of hydrogen-bond donors (Lipinski definition) is 1. The first-order valence-electron chi connectivity index (χ1n) is 10.4. The van der Waals surface area contributed by atoms with Crippen molar-refractivity contribution in [2.45, 2.75) is 72.4 Å². The lowest BCUT2D eigenvalue weighted by Crippen LogP contribution is -2.40. The molecule has 0 radical (unpaired) electrons. The third kappa shape index (κ3) is 7.59. The van der Waals surface area contributed by atoms with E-state index in [1.54, 1.807) is 0 Å². The predicted octanol–water partition coefficient (Wildman–Crippen LogP) is 4.83. The molecule has 0 aliphatic heterocycles. The van der Waals surface area contributed by atoms with Crippen LogP contribution in [0.4, 0.5) is 0 Å². The lowest BCUT2D eigenvalue weighted by Gasteiger charge is -2.27. The summed E-state index contributed by atoms with van der Waals surface area (Å²) in [6.07, 6.45) is 3.75. The molecule has 0 aliphatic rings. The molecule has 0 spiro atoms. The summed E-state index contributed by atoms with van der Waals surface area (Å²) in [5, 5.41) is 6.97. The number of hydrogen-bond acceptors (Lipinski definition) is 5. The van der Waals surface area contributed by atoms with Crippen molar-refractivity contribution in [2.75, 3.05) is 33.3 Å². The zero-order valence-electron chi connectivity index (χ0n) is 18.2. The Kier molecular flexibility index (Phi) is 10.6. The maximum absolute atomic E-state index is 11.6. The van der Waals surface area contributed by atoms with E-state index >= 15 is 0 Å². The average molecular weight is 378 g/mol. The molecule has 1 unspecified atom stereocenters. The molecule has 0 amide bonds. The van der Waals surface area contributed by atoms with Gasteiger partial charge in [-0.2, -0.15) is 4.91 Å². The molecule has 0 saturated heterocycles. The highest BCUT2D eigenvalue weighted by Gasteiger charge is 2.29. The van der Waals surface area contributed by atoms with Gasteiger partial charge in [0, 0.05) is 19.6 Å². The highest BCUT2D eigenvalue weighted by molar-refractivity contribution is 5.43. The number of benzene rings is 1. The van der Waals surface area contributed by atoms with E-state index in [4.69, 9.17) is 4.74 Å². The van der Waals surface area contributed by atoms with Gasteiger partial charge in [0.2, 0.25) is 0 Å². The minimum absolute atomic E-state index is 0.531. The molecule has 0 heterocycles. The predicted molar refractivity (Wildman–Crippen MR) is 115 cm³/mol. The second-order valence-electron chi connectivity index (χ2n) is 7.68. The minimum Gasteiger partial charge on any atom is -0.493 e. The number of ether oxygens (including phenoxy) is 1. The van der Waals surface area contributed by atoms with Crippen molar-refractivity contribution in [1.29, 1.82) is 0 Å². The average Bonchev–Trinajstić information content (AvgIpc) is 2.66. The fourth-order valence-electron chi connectivity index (χ4n) is 3.22. The maximum atomic E-state index is 11.6. The van der Waals surface area contributed by atoms with Gasteiger partial charge in [-0.1, -0.05) is 44.5 Å². The lowest BCUT2D eigenvalue weighted by molar-refractivity contribution is 0.274. The molecule has 0 bridgehead atoms. The first-order valence-corrected chi connectivity index (χ1v) is 10.4. The van der Waals surface area contributed by atoms with Gasteiger partial charge in [0.25, 0.3) is 0 Å². The van der Waals surface area contributed by atoms with Crippen molar-refractivity contribution >= 4 is 0 Å². The first kappa shape index (κ1) is 23.6. The SMILES string of the molecule is CCCCOc1c(C)cc(CNCC(CC)(CCN(C)CC)N=O)cc1C. The smallest absolute Gasteiger partial charge is 0.125 e. The Balaban J connectivity index is 2.66. The van der Waals surface area contributed by atoms with Crippen LogP contribution in [0.15, 0.2) is 17.3 Å². The molecule has 1 rings (SSSR count). The normalized spacial score (nSPS) is 13.6. The highest BCUT2D eigenvalue weighted by atomic mass is 16.5. The van der Waals surface area contributed by atoms with Crippen LogP contribution in [0.1, 0.15) is 63.1 Å². The molecule has 1 atom stereocenters. The third-order valence-electron chi connectivity index (χ3n) is 5.40. The quantitative estimate of drug-likeness (QED) is 0.373. The van der Waals surface area contributed by atoms with Gasteiger partial charge in [-0.3, -0.25) is 0 Å². The standard InChI is InChI=1S/C22H39N3O2/c1-7-10-13-27-21-18(4)14-20(15-19(21)5)16-23-17-22(8-2,24-26)11-12-25(6)9-3/h14-15,23H,7-13,16-17H2,1-6H3. The van der Waals surface area contributed by atoms with Crippen LogP contribution in [0.2, 0.25) is 0 Å². The summed E-state index contributed by atoms with van der Waals surface area (Å²) in [7, 11) is 2.08. The van der Waals surface area contributed by atoms with E-state index < -0.39 is 5.54 Å². The van der Waals surface area contributed by atoms with E-state index in [1.165, 1.54) is 16.7 Å². The molecule has 5 nitrogen and oxygen atoms in total. The monoisotopic (exact) mass is 377 g/mol. The number of nitrogens with zero attached hydrogens (tertiary/aromatic N) is 2. The number of unbranched alkanes of at least 4 members (excludes halogenated alkanes) is 1. The molecule has 5 heteroatoms. The van der Waals surface area contributed by atoms with E-state index in [2.05, 4.69) is 62.3 Å². The summed E-state index contributed by atoms with van der Waals surface area (Å²) in [6, 6.07) is 4.35. The number of nitroso groups, excluding NO2 is 1. The van der Waals surface area contributed by atoms with Crippen molar-refractivity contribution in [3.8, 4) is 5.75 Å². The Hall–Kier alpha value is -1.46. The molecule has 1 aromatic carbocycles. The van der Waals surface area contributed by atoms with E-state index in [0.29, 0.717) is 6.54 Å². The van der Waals surface area contributed by atoms with E-state index in [0.717, 1.165) is 57.7 Å². The van der Waals surface area contributed by atoms with Gasteiger partial charge >= 0.3 is 0 Å². The fourth-order valence-corrected chi connectivity index (χ4v) is 3.22. The van der Waals surface area contributed by atoms with Gasteiger partial charge in [0.15, 0.2) is 0 Å². The zero-order valence-corrected chi connectivity index (χ0v) is 18.2. The Bertz CT molecular complexity index is 554. The van der Waals surface area contributed by atoms with Crippen LogP contribution in [0.5, 0.6) is 5.75 Å². The van der Waals surface area contributed by atoms with Gasteiger partial charge in [-0.05, 0) is 63.4 Å². The van der Waals surface area contributed by atoms with Crippen LogP contribution < -0.4 is 10.1 Å². The van der Waals surface area contributed by atoms with Crippen LogP contribution in [-0.4, -0.2) is 43.7 Å². The number of nitrogens with one attached hydrogen (secondary N) is 1. The van der Waals surface area contributed by atoms with Gasteiger partial charge in [-0.25, -0.2) is 0 Å². The van der Waals surface area contributed by atoms with Crippen LogP contribution in [0, 0.1) is 18.8 Å². The van der Waals surface area contributed by atoms with Gasteiger partial charge in [-0.15, -0.1) is 0 Å². The first-order chi connectivity index (χ1) is 12.9. The molecular weight excluding hydrogens is 338 g/mol. The van der Waals surface area contributed by atoms with E-state index in [-0.39, 0.29) is 0 Å². The Morgan fingerprint density at radius 3 is 2.37 bits per heavy atom. The molecule has 27 heavy (non-hydrogen) atoms. The van der Waals surface area contributed by atoms with Crippen LogP contribution in [0.25, 0.3) is 0 Å². The summed E-state index contributed by atoms with van der Waals surface area (Å²) >= 11 is 0. The summed E-state index contributed by atoms with van der Waals surface area (Å²) < 4.78 is 5.94. The minimum atomic E-state index is -0.531. The van der Waals surface area contributed by atoms with E-state index in [9.17, 15) is 4.91 Å². The summed E-state index contributed by atoms with van der Waals surface area (Å²) in [6.45, 7) is 14.5. The van der Waals surface area contributed by atoms with Gasteiger partial charge in [0.05, 0.1) is 6.61 Å². The Morgan fingerprint density at radius 1 is 1.19 bits per heavy atom. The van der Waals surface area contributed by atoms with Crippen molar-refractivity contribution < 1.29 is 4.74 Å². The van der Waals surface area contributed by atoms with Gasteiger partial charge < -0.3 is 15.0 Å². The number of aryl methyl sites for hydroxylation is 2. The van der Waals surface area contributed by atoms with Crippen molar-refractivity contribution in [3.05, 3.63) is 33.7 Å². The van der Waals surface area contributed by atoms with Crippen molar-refractivity contribution in [2.24, 2.45) is 5.18 Å². The third-order valence-corrected chi connectivity index (χ3v) is 5.40. The molecule has 0 aromatic heterocycles. The van der Waals surface area contributed by atoms with Crippen molar-refractivity contribution in [1.82, 2.24) is 10.2 Å². The Morgan fingerprint density at radius 2 is 1.85 bits per heavy atom. The van der Waals surface area contributed by atoms with Crippen LogP contribution in [-0.2, 0) is 6.54 Å². The molecule has 1 aromatic rings. The molecule has 0 fully saturated rings. The van der Waals surface area contributed by atoms with Crippen LogP contribution >= 0.6 is 0 Å². The maximum Gasteiger partial charge on any atom is 0.125 e. The molecule has 1 N–H and O–H groups in total. The largest absolute Gasteiger partial charge is 0.493 e. The zero-order chi connectivity index (χ0) is 20.3. The molecule has 0 aliphatic carbocycles. The summed E-state index contributed by atoms with van der Waals surface area (Å²) in [5.74, 6) is 1.01. The highest BCUT2D eigenvalue weighted by Crippen LogP contribution is 2.25. The van der Waals surface area contributed by atoms with Gasteiger partial charge in [0.1, 0.15) is 11.3 Å². The fraction of sp³-hybridized carbons (Fsp3) is 0.727. The topological polar surface area (TPSA) is 53.9 Å². The number of rotatable bonds is 14. The van der Waals surface area contributed by atoms with Crippen molar-refractivity contribution in [3.63, 3.8) is 0 Å². The summed E-state index contributed by atoms with van der Waals surface area (Å²) in [4.78, 5) is 13.8. The van der Waals surface area contributed by atoms with Crippen LogP contribution in [0.3, 0.4) is 0 Å². The molecule has 0 saturated carbocycles.